The van der Waals surface area contributed by atoms with Crippen LogP contribution in [0.2, 0.25) is 0 Å². The van der Waals surface area contributed by atoms with E-state index in [9.17, 15) is 4.79 Å². The van der Waals surface area contributed by atoms with Gasteiger partial charge in [0, 0.05) is 22.4 Å². The van der Waals surface area contributed by atoms with Crippen molar-refractivity contribution in [1.29, 1.82) is 0 Å². The molecule has 0 radical (unpaired) electrons. The largest absolute Gasteiger partial charge is 0.438 e. The Balaban J connectivity index is 1.69. The third-order valence-corrected chi connectivity index (χ3v) is 6.23. The summed E-state index contributed by atoms with van der Waals surface area (Å²) in [4.78, 5) is 22.6. The van der Waals surface area contributed by atoms with E-state index in [-0.39, 0.29) is 17.6 Å². The van der Waals surface area contributed by atoms with Crippen LogP contribution in [0.4, 0.5) is 5.82 Å². The predicted octanol–water partition coefficient (Wildman–Crippen LogP) is 5.37. The maximum atomic E-state index is 12.2. The van der Waals surface area contributed by atoms with Crippen LogP contribution in [0.3, 0.4) is 0 Å². The topological polar surface area (TPSA) is 96.8 Å². The zero-order valence-electron chi connectivity index (χ0n) is 18.5. The number of aryl methyl sites for hydroxylation is 1. The molecule has 5 aromatic rings. The van der Waals surface area contributed by atoms with E-state index < -0.39 is 5.69 Å². The van der Waals surface area contributed by atoms with Gasteiger partial charge in [-0.25, -0.2) is 4.79 Å². The fraction of sp³-hybridized carbons (Fsp3) is 0.0714. The van der Waals surface area contributed by atoms with E-state index in [1.165, 1.54) is 0 Å². The molecule has 6 nitrogen and oxygen atoms in total. The van der Waals surface area contributed by atoms with Crippen molar-refractivity contribution in [1.82, 2.24) is 15.0 Å². The maximum Gasteiger partial charge on any atom is 0.349 e. The summed E-state index contributed by atoms with van der Waals surface area (Å²) < 4.78 is 6.13. The number of aromatic amines is 2. The number of hydrogen-bond donors (Lipinski definition) is 3. The molecule has 0 saturated heterocycles. The molecule has 6 heteroatoms. The Morgan fingerprint density at radius 3 is 2.32 bits per heavy atom. The highest BCUT2D eigenvalue weighted by molar-refractivity contribution is 5.93. The van der Waals surface area contributed by atoms with Crippen LogP contribution in [0.15, 0.2) is 89.7 Å². The van der Waals surface area contributed by atoms with Crippen molar-refractivity contribution in [3.05, 3.63) is 118 Å². The number of nitrogens with zero attached hydrogens (tertiary/aromatic N) is 1. The lowest BCUT2D eigenvalue weighted by Gasteiger charge is -2.26. The Morgan fingerprint density at radius 2 is 1.59 bits per heavy atom. The number of benzene rings is 3. The Morgan fingerprint density at radius 1 is 0.882 bits per heavy atom. The van der Waals surface area contributed by atoms with E-state index in [1.54, 1.807) is 0 Å². The predicted molar refractivity (Wildman–Crippen MR) is 135 cm³/mol. The number of ether oxygens (including phenoxy) is 1. The summed E-state index contributed by atoms with van der Waals surface area (Å²) in [5.41, 5.74) is 12.7. The second-order valence-corrected chi connectivity index (χ2v) is 8.48. The number of nitrogens with two attached hydrogens (primary N) is 1. The van der Waals surface area contributed by atoms with Gasteiger partial charge in [0.25, 0.3) is 0 Å². The van der Waals surface area contributed by atoms with Gasteiger partial charge in [0.2, 0.25) is 5.88 Å². The van der Waals surface area contributed by atoms with Crippen LogP contribution in [0.25, 0.3) is 27.9 Å². The number of fused-ring (bicyclic) bond motifs is 2. The molecule has 1 unspecified atom stereocenters. The number of hydrogen-bond acceptors (Lipinski definition) is 4. The summed E-state index contributed by atoms with van der Waals surface area (Å²) in [6, 6.07) is 26.4. The van der Waals surface area contributed by atoms with E-state index in [2.05, 4.69) is 58.3 Å². The van der Waals surface area contributed by atoms with Gasteiger partial charge in [-0.3, -0.25) is 4.98 Å². The fourth-order valence-electron chi connectivity index (χ4n) is 4.70. The summed E-state index contributed by atoms with van der Waals surface area (Å²) in [6.07, 6.45) is 2.06. The summed E-state index contributed by atoms with van der Waals surface area (Å²) in [5, 5.41) is 1.09. The van der Waals surface area contributed by atoms with Crippen LogP contribution < -0.4 is 16.2 Å². The van der Waals surface area contributed by atoms with Crippen LogP contribution in [-0.2, 0) is 0 Å². The summed E-state index contributed by atoms with van der Waals surface area (Å²) >= 11 is 0. The molecule has 3 heterocycles. The van der Waals surface area contributed by atoms with Gasteiger partial charge in [0.15, 0.2) is 0 Å². The van der Waals surface area contributed by atoms with Gasteiger partial charge in [-0.2, -0.15) is 4.98 Å². The third kappa shape index (κ3) is 3.28. The molecule has 166 valence electrons. The average Bonchev–Trinajstić information content (AvgIpc) is 3.22. The molecule has 0 spiro atoms. The molecule has 3 aromatic carbocycles. The van der Waals surface area contributed by atoms with E-state index in [0.717, 1.165) is 38.9 Å². The molecule has 4 N–H and O–H groups in total. The lowest BCUT2D eigenvalue weighted by molar-refractivity contribution is 0.468. The molecule has 6 rings (SSSR count). The van der Waals surface area contributed by atoms with Gasteiger partial charge in [-0.15, -0.1) is 0 Å². The number of nitrogens with one attached hydrogen (secondary N) is 2. The third-order valence-electron chi connectivity index (χ3n) is 6.23. The smallest absolute Gasteiger partial charge is 0.349 e. The van der Waals surface area contributed by atoms with E-state index in [4.69, 9.17) is 10.5 Å². The number of H-pyrrole nitrogens is 2. The quantitative estimate of drug-likeness (QED) is 0.347. The monoisotopic (exact) mass is 446 g/mol. The van der Waals surface area contributed by atoms with Crippen LogP contribution in [-0.4, -0.2) is 15.0 Å². The van der Waals surface area contributed by atoms with Gasteiger partial charge in [-0.1, -0.05) is 72.3 Å². The molecule has 2 aromatic heterocycles. The maximum absolute atomic E-state index is 12.2. The second-order valence-electron chi connectivity index (χ2n) is 8.48. The molecule has 1 aliphatic heterocycles. The molecule has 34 heavy (non-hydrogen) atoms. The number of allylic oxidation sites excluding steroid dienone is 1. The first-order chi connectivity index (χ1) is 16.6. The lowest BCUT2D eigenvalue weighted by atomic mass is 9.85. The number of aromatic nitrogens is 3. The Bertz CT molecular complexity index is 1620. The number of nitrogen functional groups attached to an aromatic ring is 1. The van der Waals surface area contributed by atoms with Crippen molar-refractivity contribution in [3.63, 3.8) is 0 Å². The van der Waals surface area contributed by atoms with E-state index in [1.807, 2.05) is 48.5 Å². The lowest BCUT2D eigenvalue weighted by Crippen LogP contribution is -2.21. The van der Waals surface area contributed by atoms with Crippen LogP contribution >= 0.6 is 0 Å². The summed E-state index contributed by atoms with van der Waals surface area (Å²) in [5.74, 6) is 0.823. The normalized spacial score (nSPS) is 15.0. The Hall–Kier alpha value is -4.58. The molecule has 0 bridgehead atoms. The minimum Gasteiger partial charge on any atom is -0.438 e. The SMILES string of the molecule is Cc1ccc2[nH]c(-c3ccccc3)c(C3C=C(c4ccccc4)Oc4nc(=O)[nH]c(N)c43)c2c1. The highest BCUT2D eigenvalue weighted by atomic mass is 16.5. The zero-order valence-corrected chi connectivity index (χ0v) is 18.5. The second kappa shape index (κ2) is 7.78. The van der Waals surface area contributed by atoms with Crippen molar-refractivity contribution < 1.29 is 4.74 Å². The molecule has 0 fully saturated rings. The van der Waals surface area contributed by atoms with E-state index in [0.29, 0.717) is 11.3 Å². The van der Waals surface area contributed by atoms with Crippen LogP contribution in [0, 0.1) is 6.92 Å². The Labute approximate surface area is 195 Å². The van der Waals surface area contributed by atoms with Crippen molar-refractivity contribution in [3.8, 4) is 17.1 Å². The van der Waals surface area contributed by atoms with E-state index >= 15 is 0 Å². The summed E-state index contributed by atoms with van der Waals surface area (Å²) in [7, 11) is 0. The van der Waals surface area contributed by atoms with Gasteiger partial charge >= 0.3 is 5.69 Å². The molecular formula is C28H22N4O2. The highest BCUT2D eigenvalue weighted by Crippen LogP contribution is 2.47. The molecule has 1 aliphatic rings. The molecule has 0 aliphatic carbocycles. The van der Waals surface area contributed by atoms with Crippen molar-refractivity contribution in [2.45, 2.75) is 12.8 Å². The van der Waals surface area contributed by atoms with Crippen molar-refractivity contribution >= 4 is 22.5 Å². The molecule has 1 atom stereocenters. The van der Waals surface area contributed by atoms with Crippen LogP contribution in [0.1, 0.15) is 28.2 Å². The van der Waals surface area contributed by atoms with Gasteiger partial charge in [0.1, 0.15) is 11.6 Å². The number of anilines is 1. The minimum absolute atomic E-state index is 0.230. The molecule has 0 saturated carbocycles. The average molecular weight is 447 g/mol. The standard InChI is InChI=1S/C28H22N4O2/c1-16-12-13-21-19(14-16)23(25(30-21)18-10-6-3-7-11-18)20-15-22(17-8-4-2-5-9-17)34-27-24(20)26(29)31-28(33)32-27/h2-15,20,30H,1H3,(H3,29,31,32,33). The first-order valence-electron chi connectivity index (χ1n) is 11.1. The van der Waals surface area contributed by atoms with Gasteiger partial charge < -0.3 is 15.5 Å². The molecule has 0 amide bonds. The van der Waals surface area contributed by atoms with Gasteiger partial charge in [0.05, 0.1) is 11.3 Å². The molecular weight excluding hydrogens is 424 g/mol. The first-order valence-corrected chi connectivity index (χ1v) is 11.1. The van der Waals surface area contributed by atoms with Crippen molar-refractivity contribution in [2.24, 2.45) is 0 Å². The van der Waals surface area contributed by atoms with Gasteiger partial charge in [-0.05, 0) is 36.3 Å². The number of rotatable bonds is 3. The minimum atomic E-state index is -0.539. The Kier molecular flexibility index (Phi) is 4.59. The fourth-order valence-corrected chi connectivity index (χ4v) is 4.70. The highest BCUT2D eigenvalue weighted by Gasteiger charge is 2.32. The van der Waals surface area contributed by atoms with Crippen molar-refractivity contribution in [2.75, 3.05) is 5.73 Å². The zero-order chi connectivity index (χ0) is 23.2. The van der Waals surface area contributed by atoms with Crippen LogP contribution in [0.5, 0.6) is 5.88 Å². The first kappa shape index (κ1) is 20.1. The summed E-state index contributed by atoms with van der Waals surface area (Å²) in [6.45, 7) is 2.08.